The molecule has 0 bridgehead atoms. The van der Waals surface area contributed by atoms with Gasteiger partial charge in [-0.25, -0.2) is 4.39 Å². The highest BCUT2D eigenvalue weighted by Crippen LogP contribution is 2.34. The maximum absolute atomic E-state index is 13.6. The Hall–Kier alpha value is -1.67. The van der Waals surface area contributed by atoms with Crippen LogP contribution < -0.4 is 5.32 Å². The molecule has 2 unspecified atom stereocenters. The van der Waals surface area contributed by atoms with Gasteiger partial charge in [-0.3, -0.25) is 0 Å². The normalized spacial score (nSPS) is 22.2. The average molecular weight is 283 g/mol. The van der Waals surface area contributed by atoms with Gasteiger partial charge in [-0.15, -0.1) is 0 Å². The van der Waals surface area contributed by atoms with E-state index in [1.54, 1.807) is 12.1 Å². The lowest BCUT2D eigenvalue weighted by Crippen LogP contribution is -2.36. The fourth-order valence-corrected chi connectivity index (χ4v) is 3.47. The number of halogens is 1. The number of hydrogen-bond acceptors (Lipinski definition) is 1. The van der Waals surface area contributed by atoms with Gasteiger partial charge < -0.3 is 5.32 Å². The molecule has 2 heteroatoms. The van der Waals surface area contributed by atoms with Crippen molar-refractivity contribution in [2.45, 2.75) is 25.7 Å². The highest BCUT2D eigenvalue weighted by molar-refractivity contribution is 5.31. The van der Waals surface area contributed by atoms with Gasteiger partial charge >= 0.3 is 0 Å². The third-order valence-electron chi connectivity index (χ3n) is 4.59. The molecule has 2 aromatic carbocycles. The van der Waals surface area contributed by atoms with Crippen molar-refractivity contribution in [3.8, 4) is 0 Å². The Morgan fingerprint density at radius 2 is 1.95 bits per heavy atom. The van der Waals surface area contributed by atoms with E-state index in [4.69, 9.17) is 0 Å². The minimum atomic E-state index is -0.118. The van der Waals surface area contributed by atoms with Gasteiger partial charge in [0.25, 0.3) is 0 Å². The van der Waals surface area contributed by atoms with Crippen LogP contribution >= 0.6 is 0 Å². The molecule has 1 N–H and O–H groups in total. The number of nitrogens with one attached hydrogen (secondary N) is 1. The van der Waals surface area contributed by atoms with Crippen LogP contribution in [0.5, 0.6) is 0 Å². The molecular formula is C19H22FN. The Morgan fingerprint density at radius 1 is 1.14 bits per heavy atom. The summed E-state index contributed by atoms with van der Waals surface area (Å²) in [4.78, 5) is 0. The molecule has 1 saturated heterocycles. The largest absolute Gasteiger partial charge is 0.316 e. The van der Waals surface area contributed by atoms with E-state index in [-0.39, 0.29) is 5.82 Å². The maximum atomic E-state index is 13.6. The SMILES string of the molecule is Cc1ccc(F)cc1C1CCNCC1Cc1ccccc1. The third-order valence-corrected chi connectivity index (χ3v) is 4.59. The summed E-state index contributed by atoms with van der Waals surface area (Å²) in [5, 5.41) is 3.50. The van der Waals surface area contributed by atoms with Crippen LogP contribution in [-0.4, -0.2) is 13.1 Å². The van der Waals surface area contributed by atoms with Gasteiger partial charge in [0, 0.05) is 0 Å². The average Bonchev–Trinajstić information content (AvgIpc) is 2.51. The minimum Gasteiger partial charge on any atom is -0.316 e. The van der Waals surface area contributed by atoms with Crippen LogP contribution in [0.4, 0.5) is 4.39 Å². The first-order valence-electron chi connectivity index (χ1n) is 7.75. The minimum absolute atomic E-state index is 0.118. The lowest BCUT2D eigenvalue weighted by molar-refractivity contribution is 0.322. The molecule has 1 heterocycles. The number of rotatable bonds is 3. The summed E-state index contributed by atoms with van der Waals surface area (Å²) in [5.41, 5.74) is 3.77. The predicted molar refractivity (Wildman–Crippen MR) is 85.0 cm³/mol. The fourth-order valence-electron chi connectivity index (χ4n) is 3.47. The topological polar surface area (TPSA) is 12.0 Å². The molecule has 0 amide bonds. The Morgan fingerprint density at radius 3 is 2.76 bits per heavy atom. The summed E-state index contributed by atoms with van der Waals surface area (Å²) in [7, 11) is 0. The van der Waals surface area contributed by atoms with Crippen LogP contribution in [0.3, 0.4) is 0 Å². The Bertz CT molecular complexity index is 594. The molecule has 0 aromatic heterocycles. The van der Waals surface area contributed by atoms with Crippen LogP contribution in [-0.2, 0) is 6.42 Å². The highest BCUT2D eigenvalue weighted by atomic mass is 19.1. The molecule has 21 heavy (non-hydrogen) atoms. The van der Waals surface area contributed by atoms with E-state index >= 15 is 0 Å². The monoisotopic (exact) mass is 283 g/mol. The van der Waals surface area contributed by atoms with Crippen molar-refractivity contribution in [3.63, 3.8) is 0 Å². The van der Waals surface area contributed by atoms with Crippen molar-refractivity contribution in [1.82, 2.24) is 5.32 Å². The van der Waals surface area contributed by atoms with E-state index in [0.717, 1.165) is 25.9 Å². The van der Waals surface area contributed by atoms with Gasteiger partial charge in [0.05, 0.1) is 0 Å². The number of benzene rings is 2. The first-order chi connectivity index (χ1) is 10.2. The summed E-state index contributed by atoms with van der Waals surface area (Å²) in [6.07, 6.45) is 2.14. The van der Waals surface area contributed by atoms with Gasteiger partial charge in [-0.05, 0) is 73.5 Å². The molecule has 1 nitrogen and oxygen atoms in total. The van der Waals surface area contributed by atoms with E-state index in [1.165, 1.54) is 16.7 Å². The van der Waals surface area contributed by atoms with E-state index in [2.05, 4.69) is 42.6 Å². The van der Waals surface area contributed by atoms with Gasteiger partial charge in [-0.2, -0.15) is 0 Å². The Kier molecular flexibility index (Phi) is 4.35. The molecule has 0 saturated carbocycles. The summed E-state index contributed by atoms with van der Waals surface area (Å²) in [6.45, 7) is 4.12. The molecule has 0 spiro atoms. The fraction of sp³-hybridized carbons (Fsp3) is 0.368. The van der Waals surface area contributed by atoms with E-state index in [1.807, 2.05) is 6.07 Å². The molecule has 2 aromatic rings. The van der Waals surface area contributed by atoms with Crippen molar-refractivity contribution in [2.75, 3.05) is 13.1 Å². The summed E-state index contributed by atoms with van der Waals surface area (Å²) in [5.74, 6) is 0.858. The zero-order valence-corrected chi connectivity index (χ0v) is 12.5. The Balaban J connectivity index is 1.86. The van der Waals surface area contributed by atoms with Crippen molar-refractivity contribution >= 4 is 0 Å². The second-order valence-corrected chi connectivity index (χ2v) is 6.05. The summed E-state index contributed by atoms with van der Waals surface area (Å²) >= 11 is 0. The van der Waals surface area contributed by atoms with Gasteiger partial charge in [0.15, 0.2) is 0 Å². The molecule has 3 rings (SSSR count). The van der Waals surface area contributed by atoms with Crippen molar-refractivity contribution in [1.29, 1.82) is 0 Å². The first kappa shape index (κ1) is 14.3. The van der Waals surface area contributed by atoms with Crippen LogP contribution in [0, 0.1) is 18.7 Å². The van der Waals surface area contributed by atoms with Gasteiger partial charge in [0.1, 0.15) is 5.82 Å². The second kappa shape index (κ2) is 6.40. The molecule has 110 valence electrons. The zero-order valence-electron chi connectivity index (χ0n) is 12.5. The van der Waals surface area contributed by atoms with Crippen molar-refractivity contribution in [2.24, 2.45) is 5.92 Å². The lowest BCUT2D eigenvalue weighted by atomic mass is 9.77. The highest BCUT2D eigenvalue weighted by Gasteiger charge is 2.27. The lowest BCUT2D eigenvalue weighted by Gasteiger charge is -2.33. The first-order valence-corrected chi connectivity index (χ1v) is 7.75. The molecule has 1 fully saturated rings. The van der Waals surface area contributed by atoms with E-state index < -0.39 is 0 Å². The molecule has 2 atom stereocenters. The molecule has 0 radical (unpaired) electrons. The van der Waals surface area contributed by atoms with E-state index in [9.17, 15) is 4.39 Å². The second-order valence-electron chi connectivity index (χ2n) is 6.05. The van der Waals surface area contributed by atoms with Gasteiger partial charge in [-0.1, -0.05) is 36.4 Å². The quantitative estimate of drug-likeness (QED) is 0.895. The molecular weight excluding hydrogens is 261 g/mol. The number of piperidine rings is 1. The van der Waals surface area contributed by atoms with Crippen LogP contribution in [0.15, 0.2) is 48.5 Å². The van der Waals surface area contributed by atoms with Crippen LogP contribution in [0.1, 0.15) is 29.0 Å². The summed E-state index contributed by atoms with van der Waals surface area (Å²) in [6, 6.07) is 15.8. The predicted octanol–water partition coefficient (Wildman–Crippen LogP) is 4.07. The summed E-state index contributed by atoms with van der Waals surface area (Å²) < 4.78 is 13.6. The maximum Gasteiger partial charge on any atom is 0.123 e. The van der Waals surface area contributed by atoms with Crippen molar-refractivity contribution < 1.29 is 4.39 Å². The Labute approximate surface area is 126 Å². The van der Waals surface area contributed by atoms with Crippen LogP contribution in [0.2, 0.25) is 0 Å². The smallest absolute Gasteiger partial charge is 0.123 e. The molecule has 1 aliphatic rings. The van der Waals surface area contributed by atoms with Gasteiger partial charge in [0.2, 0.25) is 0 Å². The number of hydrogen-bond donors (Lipinski definition) is 1. The van der Waals surface area contributed by atoms with Crippen LogP contribution in [0.25, 0.3) is 0 Å². The third kappa shape index (κ3) is 3.33. The standard InChI is InChI=1S/C19H22FN/c1-14-7-8-17(20)12-19(14)18-9-10-21-13-16(18)11-15-5-3-2-4-6-15/h2-8,12,16,18,21H,9-11,13H2,1H3. The van der Waals surface area contributed by atoms with Crippen molar-refractivity contribution in [3.05, 3.63) is 71.0 Å². The zero-order chi connectivity index (χ0) is 14.7. The molecule has 0 aliphatic carbocycles. The number of aryl methyl sites for hydroxylation is 1. The molecule has 1 aliphatic heterocycles. The van der Waals surface area contributed by atoms with E-state index in [0.29, 0.717) is 11.8 Å².